The summed E-state index contributed by atoms with van der Waals surface area (Å²) in [5.74, 6) is 0.659. The second-order valence-electron chi connectivity index (χ2n) is 5.62. The molecule has 0 spiro atoms. The molecule has 2 aromatic rings. The minimum Gasteiger partial charge on any atom is -0.381 e. The third-order valence-electron chi connectivity index (χ3n) is 4.36. The van der Waals surface area contributed by atoms with Gasteiger partial charge in [-0.15, -0.1) is 0 Å². The van der Waals surface area contributed by atoms with Gasteiger partial charge >= 0.3 is 0 Å². The van der Waals surface area contributed by atoms with Crippen molar-refractivity contribution in [1.82, 2.24) is 4.98 Å². The van der Waals surface area contributed by atoms with Gasteiger partial charge in [0.25, 0.3) is 0 Å². The molecule has 4 nitrogen and oxygen atoms in total. The highest BCUT2D eigenvalue weighted by atomic mass is 16.5. The van der Waals surface area contributed by atoms with Crippen molar-refractivity contribution < 1.29 is 4.74 Å². The van der Waals surface area contributed by atoms with Crippen LogP contribution in [0, 0.1) is 11.3 Å². The van der Waals surface area contributed by atoms with Crippen LogP contribution in [-0.2, 0) is 10.2 Å². The van der Waals surface area contributed by atoms with Gasteiger partial charge in [-0.05, 0) is 30.5 Å². The van der Waals surface area contributed by atoms with Gasteiger partial charge in [0.2, 0.25) is 0 Å². The lowest BCUT2D eigenvalue weighted by molar-refractivity contribution is 0.0543. The summed E-state index contributed by atoms with van der Waals surface area (Å²) in [5.41, 5.74) is 1.93. The summed E-state index contributed by atoms with van der Waals surface area (Å²) < 4.78 is 5.55. The number of benzene rings is 1. The van der Waals surface area contributed by atoms with Crippen molar-refractivity contribution in [2.75, 3.05) is 25.1 Å². The van der Waals surface area contributed by atoms with E-state index < -0.39 is 0 Å². The number of nitrogens with one attached hydrogen (secondary N) is 1. The van der Waals surface area contributed by atoms with Gasteiger partial charge in [0.15, 0.2) is 0 Å². The van der Waals surface area contributed by atoms with E-state index in [2.05, 4.69) is 40.6 Å². The number of nitriles is 1. The Morgan fingerprint density at radius 2 is 1.91 bits per heavy atom. The number of pyridine rings is 1. The average Bonchev–Trinajstić information content (AvgIpc) is 2.62. The standard InChI is InChI=1S/C18H19N3O/c19-13-15-5-4-10-20-17(15)21-14-18(8-11-22-12-9-18)16-6-2-1-3-7-16/h1-7,10H,8-9,11-12,14H2,(H,20,21). The maximum absolute atomic E-state index is 9.19. The first-order chi connectivity index (χ1) is 10.8. The summed E-state index contributed by atoms with van der Waals surface area (Å²) in [6, 6.07) is 16.3. The van der Waals surface area contributed by atoms with Gasteiger partial charge in [-0.2, -0.15) is 5.26 Å². The third kappa shape index (κ3) is 2.95. The number of hydrogen-bond donors (Lipinski definition) is 1. The van der Waals surface area contributed by atoms with Crippen molar-refractivity contribution >= 4 is 5.82 Å². The normalized spacial score (nSPS) is 16.7. The summed E-state index contributed by atoms with van der Waals surface area (Å²) in [7, 11) is 0. The summed E-state index contributed by atoms with van der Waals surface area (Å²) in [6.07, 6.45) is 3.65. The van der Waals surface area contributed by atoms with Crippen molar-refractivity contribution in [2.24, 2.45) is 0 Å². The van der Waals surface area contributed by atoms with Crippen molar-refractivity contribution in [3.8, 4) is 6.07 Å². The zero-order valence-electron chi connectivity index (χ0n) is 12.5. The van der Waals surface area contributed by atoms with E-state index in [1.165, 1.54) is 5.56 Å². The molecule has 1 saturated heterocycles. The van der Waals surface area contributed by atoms with Gasteiger partial charge in [0.05, 0.1) is 5.56 Å². The zero-order chi connectivity index (χ0) is 15.3. The molecule has 1 aliphatic heterocycles. The molecule has 2 heterocycles. The maximum atomic E-state index is 9.19. The Bertz CT molecular complexity index is 658. The quantitative estimate of drug-likeness (QED) is 0.941. The predicted octanol–water partition coefficient (Wildman–Crippen LogP) is 3.11. The molecule has 0 radical (unpaired) electrons. The Morgan fingerprint density at radius 1 is 1.14 bits per heavy atom. The van der Waals surface area contributed by atoms with E-state index >= 15 is 0 Å². The number of aromatic nitrogens is 1. The van der Waals surface area contributed by atoms with Crippen LogP contribution in [0.5, 0.6) is 0 Å². The molecule has 0 saturated carbocycles. The van der Waals surface area contributed by atoms with Gasteiger partial charge in [-0.3, -0.25) is 0 Å². The van der Waals surface area contributed by atoms with Crippen molar-refractivity contribution in [3.63, 3.8) is 0 Å². The van der Waals surface area contributed by atoms with E-state index in [1.807, 2.05) is 6.07 Å². The summed E-state index contributed by atoms with van der Waals surface area (Å²) in [5, 5.41) is 12.6. The topological polar surface area (TPSA) is 57.9 Å². The highest BCUT2D eigenvalue weighted by Crippen LogP contribution is 2.35. The summed E-state index contributed by atoms with van der Waals surface area (Å²) >= 11 is 0. The van der Waals surface area contributed by atoms with E-state index in [9.17, 15) is 5.26 Å². The second kappa shape index (κ2) is 6.59. The molecular weight excluding hydrogens is 274 g/mol. The molecule has 0 atom stereocenters. The second-order valence-corrected chi connectivity index (χ2v) is 5.62. The van der Waals surface area contributed by atoms with Crippen molar-refractivity contribution in [2.45, 2.75) is 18.3 Å². The lowest BCUT2D eigenvalue weighted by Gasteiger charge is -2.38. The highest BCUT2D eigenvalue weighted by molar-refractivity contribution is 5.51. The smallest absolute Gasteiger partial charge is 0.143 e. The molecule has 1 aliphatic rings. The molecule has 0 unspecified atom stereocenters. The number of nitrogens with zero attached hydrogens (tertiary/aromatic N) is 2. The van der Waals surface area contributed by atoms with Crippen LogP contribution in [0.3, 0.4) is 0 Å². The molecule has 0 aliphatic carbocycles. The summed E-state index contributed by atoms with van der Waals surface area (Å²) in [4.78, 5) is 4.29. The van der Waals surface area contributed by atoms with Gasteiger partial charge in [-0.1, -0.05) is 30.3 Å². The Labute approximate surface area is 130 Å². The number of ether oxygens (including phenoxy) is 1. The number of anilines is 1. The van der Waals surface area contributed by atoms with E-state index in [0.717, 1.165) is 32.6 Å². The molecule has 0 bridgehead atoms. The maximum Gasteiger partial charge on any atom is 0.143 e. The first-order valence-electron chi connectivity index (χ1n) is 7.56. The summed E-state index contributed by atoms with van der Waals surface area (Å²) in [6.45, 7) is 2.29. The zero-order valence-corrected chi connectivity index (χ0v) is 12.5. The highest BCUT2D eigenvalue weighted by Gasteiger charge is 2.34. The fourth-order valence-corrected chi connectivity index (χ4v) is 3.01. The molecule has 0 amide bonds. The Morgan fingerprint density at radius 3 is 2.64 bits per heavy atom. The fraction of sp³-hybridized carbons (Fsp3) is 0.333. The number of hydrogen-bond acceptors (Lipinski definition) is 4. The number of rotatable bonds is 4. The van der Waals surface area contributed by atoms with Gasteiger partial charge in [-0.25, -0.2) is 4.98 Å². The average molecular weight is 293 g/mol. The minimum absolute atomic E-state index is 0.0315. The van der Waals surface area contributed by atoms with Crippen LogP contribution >= 0.6 is 0 Å². The molecule has 1 N–H and O–H groups in total. The minimum atomic E-state index is 0.0315. The van der Waals surface area contributed by atoms with Crippen LogP contribution in [0.25, 0.3) is 0 Å². The van der Waals surface area contributed by atoms with E-state index in [0.29, 0.717) is 11.4 Å². The van der Waals surface area contributed by atoms with Gasteiger partial charge in [0, 0.05) is 31.4 Å². The molecule has 1 fully saturated rings. The first-order valence-corrected chi connectivity index (χ1v) is 7.56. The van der Waals surface area contributed by atoms with Crippen molar-refractivity contribution in [1.29, 1.82) is 5.26 Å². The van der Waals surface area contributed by atoms with Crippen LogP contribution < -0.4 is 5.32 Å². The molecule has 3 rings (SSSR count). The van der Waals surface area contributed by atoms with E-state index in [1.54, 1.807) is 18.3 Å². The molecule has 1 aromatic carbocycles. The van der Waals surface area contributed by atoms with Gasteiger partial charge in [0.1, 0.15) is 11.9 Å². The first kappa shape index (κ1) is 14.6. The lowest BCUT2D eigenvalue weighted by Crippen LogP contribution is -2.40. The van der Waals surface area contributed by atoms with E-state index in [4.69, 9.17) is 4.74 Å². The molecule has 22 heavy (non-hydrogen) atoms. The van der Waals surface area contributed by atoms with Crippen LogP contribution in [-0.4, -0.2) is 24.7 Å². The van der Waals surface area contributed by atoms with Crippen molar-refractivity contribution in [3.05, 3.63) is 59.8 Å². The molecule has 112 valence electrons. The fourth-order valence-electron chi connectivity index (χ4n) is 3.01. The van der Waals surface area contributed by atoms with Crippen LogP contribution in [0.1, 0.15) is 24.0 Å². The van der Waals surface area contributed by atoms with Crippen LogP contribution in [0.4, 0.5) is 5.82 Å². The lowest BCUT2D eigenvalue weighted by atomic mass is 9.74. The largest absolute Gasteiger partial charge is 0.381 e. The van der Waals surface area contributed by atoms with Crippen LogP contribution in [0.2, 0.25) is 0 Å². The van der Waals surface area contributed by atoms with E-state index in [-0.39, 0.29) is 5.41 Å². The molecule has 4 heteroatoms. The SMILES string of the molecule is N#Cc1cccnc1NCC1(c2ccccc2)CCOCC1. The third-order valence-corrected chi connectivity index (χ3v) is 4.36. The Balaban J connectivity index is 1.84. The monoisotopic (exact) mass is 293 g/mol. The molecule has 1 aromatic heterocycles. The Hall–Kier alpha value is -2.38. The predicted molar refractivity (Wildman–Crippen MR) is 85.6 cm³/mol. The Kier molecular flexibility index (Phi) is 4.36. The van der Waals surface area contributed by atoms with Crippen LogP contribution in [0.15, 0.2) is 48.7 Å². The molecular formula is C18H19N3O. The van der Waals surface area contributed by atoms with Gasteiger partial charge < -0.3 is 10.1 Å².